The van der Waals surface area contributed by atoms with Gasteiger partial charge in [0.15, 0.2) is 0 Å². The fourth-order valence-electron chi connectivity index (χ4n) is 1.42. The van der Waals surface area contributed by atoms with Gasteiger partial charge >= 0.3 is 0 Å². The summed E-state index contributed by atoms with van der Waals surface area (Å²) in [5.41, 5.74) is 7.36. The summed E-state index contributed by atoms with van der Waals surface area (Å²) in [5.74, 6) is 0.480. The average Bonchev–Trinajstić information content (AvgIpc) is 2.73. The van der Waals surface area contributed by atoms with Gasteiger partial charge in [0.05, 0.1) is 10.6 Å². The molecule has 6 nitrogen and oxygen atoms in total. The Balaban J connectivity index is 2.14. The number of thioether (sulfide) groups is 1. The Morgan fingerprint density at radius 1 is 1.56 bits per heavy atom. The van der Waals surface area contributed by atoms with Crippen molar-refractivity contribution >= 4 is 23.1 Å². The molecule has 94 valence electrons. The Kier molecular flexibility index (Phi) is 3.52. The monoisotopic (exact) mass is 265 g/mol. The number of nitrogens with zero attached hydrogens (tertiary/aromatic N) is 2. The number of nitro groups is 1. The molecule has 0 atom stereocenters. The molecule has 0 radical (unpaired) electrons. The second-order valence-electron chi connectivity index (χ2n) is 3.65. The number of nitro benzene ring substituents is 1. The standard InChI is InChI=1S/C11H11N3O3S/c1-7-5-17-11(13-7)18-6-8-3-2-4-9(10(8)12)14(15)16/h2-5H,6,12H2,1H3. The zero-order chi connectivity index (χ0) is 13.1. The van der Waals surface area contributed by atoms with Gasteiger partial charge in [-0.05, 0) is 12.5 Å². The van der Waals surface area contributed by atoms with Gasteiger partial charge in [-0.25, -0.2) is 4.98 Å². The molecule has 1 heterocycles. The third kappa shape index (κ3) is 2.62. The number of benzene rings is 1. The molecule has 7 heteroatoms. The zero-order valence-corrected chi connectivity index (χ0v) is 10.4. The van der Waals surface area contributed by atoms with E-state index in [1.807, 2.05) is 6.92 Å². The highest BCUT2D eigenvalue weighted by atomic mass is 32.2. The van der Waals surface area contributed by atoms with E-state index in [-0.39, 0.29) is 11.4 Å². The fraction of sp³-hybridized carbons (Fsp3) is 0.182. The van der Waals surface area contributed by atoms with Crippen molar-refractivity contribution in [1.82, 2.24) is 4.98 Å². The molecule has 0 aliphatic rings. The van der Waals surface area contributed by atoms with Crippen molar-refractivity contribution in [2.75, 3.05) is 5.73 Å². The van der Waals surface area contributed by atoms with E-state index in [1.54, 1.807) is 18.4 Å². The van der Waals surface area contributed by atoms with E-state index in [4.69, 9.17) is 10.2 Å². The van der Waals surface area contributed by atoms with Crippen LogP contribution in [0.15, 0.2) is 34.1 Å². The van der Waals surface area contributed by atoms with Crippen molar-refractivity contribution in [2.24, 2.45) is 0 Å². The minimum absolute atomic E-state index is 0.0725. The van der Waals surface area contributed by atoms with Crippen molar-refractivity contribution in [1.29, 1.82) is 0 Å². The molecular weight excluding hydrogens is 254 g/mol. The van der Waals surface area contributed by atoms with Crippen molar-refractivity contribution in [2.45, 2.75) is 17.9 Å². The molecule has 0 amide bonds. The first-order valence-corrected chi connectivity index (χ1v) is 6.13. The molecule has 0 saturated carbocycles. The first-order chi connectivity index (χ1) is 8.58. The molecule has 0 aliphatic carbocycles. The topological polar surface area (TPSA) is 95.2 Å². The number of oxazole rings is 1. The third-order valence-corrected chi connectivity index (χ3v) is 3.21. The van der Waals surface area contributed by atoms with Crippen LogP contribution in [0.25, 0.3) is 0 Å². The van der Waals surface area contributed by atoms with E-state index < -0.39 is 4.92 Å². The molecular formula is C11H11N3O3S. The van der Waals surface area contributed by atoms with Crippen molar-refractivity contribution in [3.05, 3.63) is 45.8 Å². The van der Waals surface area contributed by atoms with E-state index in [9.17, 15) is 10.1 Å². The molecule has 0 saturated heterocycles. The SMILES string of the molecule is Cc1coc(SCc2cccc([N+](=O)[O-])c2N)n1. The van der Waals surface area contributed by atoms with Crippen LogP contribution in [0.5, 0.6) is 0 Å². The summed E-state index contributed by atoms with van der Waals surface area (Å²) >= 11 is 1.35. The Morgan fingerprint density at radius 3 is 2.94 bits per heavy atom. The summed E-state index contributed by atoms with van der Waals surface area (Å²) < 4.78 is 5.18. The minimum atomic E-state index is -0.487. The Labute approximate surface area is 107 Å². The van der Waals surface area contributed by atoms with Crippen LogP contribution >= 0.6 is 11.8 Å². The van der Waals surface area contributed by atoms with Crippen molar-refractivity contribution in [3.8, 4) is 0 Å². The van der Waals surface area contributed by atoms with Gasteiger partial charge in [-0.2, -0.15) is 0 Å². The van der Waals surface area contributed by atoms with E-state index in [2.05, 4.69) is 4.98 Å². The second-order valence-corrected chi connectivity index (χ2v) is 4.58. The van der Waals surface area contributed by atoms with E-state index in [0.29, 0.717) is 16.5 Å². The van der Waals surface area contributed by atoms with Crippen LogP contribution in [0, 0.1) is 17.0 Å². The average molecular weight is 265 g/mol. The number of nitrogen functional groups attached to an aromatic ring is 1. The second kappa shape index (κ2) is 5.09. The molecule has 1 aromatic heterocycles. The number of hydrogen-bond acceptors (Lipinski definition) is 6. The fourth-order valence-corrected chi connectivity index (χ4v) is 2.28. The maximum Gasteiger partial charge on any atom is 0.292 e. The number of para-hydroxylation sites is 1. The lowest BCUT2D eigenvalue weighted by Gasteiger charge is -2.03. The van der Waals surface area contributed by atoms with Gasteiger partial charge in [0.2, 0.25) is 0 Å². The molecule has 0 fully saturated rings. The third-order valence-electron chi connectivity index (χ3n) is 2.32. The Bertz CT molecular complexity index is 583. The smallest absolute Gasteiger partial charge is 0.292 e. The van der Waals surface area contributed by atoms with Gasteiger partial charge < -0.3 is 10.2 Å². The quantitative estimate of drug-likeness (QED) is 0.395. The van der Waals surface area contributed by atoms with Crippen LogP contribution in [0.1, 0.15) is 11.3 Å². The summed E-state index contributed by atoms with van der Waals surface area (Å²) in [6.07, 6.45) is 1.55. The minimum Gasteiger partial charge on any atom is -0.440 e. The molecule has 0 aliphatic heterocycles. The van der Waals surface area contributed by atoms with Crippen LogP contribution in [0.2, 0.25) is 0 Å². The molecule has 2 aromatic rings. The first kappa shape index (κ1) is 12.4. The predicted molar refractivity (Wildman–Crippen MR) is 68.3 cm³/mol. The predicted octanol–water partition coefficient (Wildman–Crippen LogP) is 2.77. The highest BCUT2D eigenvalue weighted by molar-refractivity contribution is 7.98. The normalized spacial score (nSPS) is 10.5. The number of hydrogen-bond donors (Lipinski definition) is 1. The van der Waals surface area contributed by atoms with Gasteiger partial charge in [0.1, 0.15) is 12.0 Å². The van der Waals surface area contributed by atoms with Crippen molar-refractivity contribution in [3.63, 3.8) is 0 Å². The Hall–Kier alpha value is -2.02. The number of rotatable bonds is 4. The lowest BCUT2D eigenvalue weighted by Crippen LogP contribution is -1.99. The van der Waals surface area contributed by atoms with Gasteiger partial charge in [-0.3, -0.25) is 10.1 Å². The van der Waals surface area contributed by atoms with Crippen LogP contribution in [0.4, 0.5) is 11.4 Å². The number of aromatic nitrogens is 1. The first-order valence-electron chi connectivity index (χ1n) is 5.14. The summed E-state index contributed by atoms with van der Waals surface area (Å²) in [4.78, 5) is 14.4. The Morgan fingerprint density at radius 2 is 2.33 bits per heavy atom. The summed E-state index contributed by atoms with van der Waals surface area (Å²) in [7, 11) is 0. The number of nitrogens with two attached hydrogens (primary N) is 1. The van der Waals surface area contributed by atoms with Gasteiger partial charge in [-0.15, -0.1) is 0 Å². The number of aryl methyl sites for hydroxylation is 1. The van der Waals surface area contributed by atoms with Crippen LogP contribution in [-0.4, -0.2) is 9.91 Å². The molecule has 0 unspecified atom stereocenters. The van der Waals surface area contributed by atoms with Gasteiger partial charge in [0.25, 0.3) is 10.9 Å². The zero-order valence-electron chi connectivity index (χ0n) is 9.62. The lowest BCUT2D eigenvalue weighted by atomic mass is 10.2. The van der Waals surface area contributed by atoms with Gasteiger partial charge in [-0.1, -0.05) is 23.9 Å². The van der Waals surface area contributed by atoms with E-state index >= 15 is 0 Å². The summed E-state index contributed by atoms with van der Waals surface area (Å²) in [6.45, 7) is 1.83. The molecule has 0 bridgehead atoms. The highest BCUT2D eigenvalue weighted by Crippen LogP contribution is 2.30. The summed E-state index contributed by atoms with van der Waals surface area (Å²) in [5, 5.41) is 11.3. The van der Waals surface area contributed by atoms with Crippen LogP contribution in [-0.2, 0) is 5.75 Å². The van der Waals surface area contributed by atoms with E-state index in [1.165, 1.54) is 17.8 Å². The molecule has 2 rings (SSSR count). The molecule has 2 N–H and O–H groups in total. The number of anilines is 1. The van der Waals surface area contributed by atoms with Crippen LogP contribution in [0.3, 0.4) is 0 Å². The molecule has 0 spiro atoms. The maximum atomic E-state index is 10.7. The highest BCUT2D eigenvalue weighted by Gasteiger charge is 2.14. The molecule has 18 heavy (non-hydrogen) atoms. The largest absolute Gasteiger partial charge is 0.440 e. The van der Waals surface area contributed by atoms with Crippen molar-refractivity contribution < 1.29 is 9.34 Å². The molecule has 1 aromatic carbocycles. The van der Waals surface area contributed by atoms with Gasteiger partial charge in [0, 0.05) is 11.8 Å². The summed E-state index contributed by atoms with van der Waals surface area (Å²) in [6, 6.07) is 4.76. The van der Waals surface area contributed by atoms with E-state index in [0.717, 1.165) is 5.69 Å². The van der Waals surface area contributed by atoms with Crippen LogP contribution < -0.4 is 5.73 Å². The lowest BCUT2D eigenvalue weighted by molar-refractivity contribution is -0.383. The maximum absolute atomic E-state index is 10.7.